The summed E-state index contributed by atoms with van der Waals surface area (Å²) in [6.45, 7) is 8.14. The van der Waals surface area contributed by atoms with Gasteiger partial charge in [-0.1, -0.05) is 47.1 Å². The predicted octanol–water partition coefficient (Wildman–Crippen LogP) is 5.12. The van der Waals surface area contributed by atoms with Gasteiger partial charge in [0.2, 0.25) is 15.9 Å². The van der Waals surface area contributed by atoms with Crippen LogP contribution in [0.3, 0.4) is 0 Å². The Morgan fingerprint density at radius 1 is 0.971 bits per heavy atom. The zero-order valence-corrected chi connectivity index (χ0v) is 21.4. The number of carbonyl (C=O) groups is 1. The number of nitrogens with one attached hydrogen (secondary N) is 1. The molecule has 3 aromatic rings. The Hall–Kier alpha value is -3.23. The molecule has 0 saturated carbocycles. The van der Waals surface area contributed by atoms with Gasteiger partial charge >= 0.3 is 0 Å². The second-order valence-electron chi connectivity index (χ2n) is 9.25. The third-order valence-electron chi connectivity index (χ3n) is 6.25. The van der Waals surface area contributed by atoms with Crippen LogP contribution in [0.2, 0.25) is 0 Å². The number of aromatic nitrogens is 1. The summed E-state index contributed by atoms with van der Waals surface area (Å²) in [7, 11) is -3.82. The van der Waals surface area contributed by atoms with Crippen LogP contribution >= 0.6 is 0 Å². The summed E-state index contributed by atoms with van der Waals surface area (Å²) in [6.07, 6.45) is 4.35. The van der Waals surface area contributed by atoms with Gasteiger partial charge in [-0.25, -0.2) is 8.42 Å². The number of amides is 1. The first-order chi connectivity index (χ1) is 16.6. The maximum Gasteiger partial charge on any atom is 0.248 e. The van der Waals surface area contributed by atoms with Crippen LogP contribution in [0.5, 0.6) is 0 Å². The van der Waals surface area contributed by atoms with E-state index in [0.717, 1.165) is 27.9 Å². The largest absolute Gasteiger partial charge is 0.355 e. The number of hydrogen-bond acceptors (Lipinski definition) is 5. The van der Waals surface area contributed by atoms with Gasteiger partial charge in [-0.3, -0.25) is 4.79 Å². The average Bonchev–Trinajstić information content (AvgIpc) is 3.19. The Labute approximate surface area is 206 Å². The molecule has 35 heavy (non-hydrogen) atoms. The second-order valence-corrected chi connectivity index (χ2v) is 11.1. The molecular weight excluding hydrogens is 462 g/mol. The van der Waals surface area contributed by atoms with Crippen molar-refractivity contribution in [3.05, 3.63) is 76.2 Å². The van der Waals surface area contributed by atoms with Crippen molar-refractivity contribution in [1.29, 1.82) is 0 Å². The predicted molar refractivity (Wildman–Crippen MR) is 137 cm³/mol. The molecule has 2 aromatic carbocycles. The molecule has 184 valence electrons. The Balaban J connectivity index is 1.45. The van der Waals surface area contributed by atoms with Gasteiger partial charge in [-0.2, -0.15) is 4.31 Å². The SMILES string of the molecule is Cc1ccc(C=Cc2onc(C)c2S(=O)(=O)N2CCC(C(=O)Nc3cc(C)cc(C)c3)CC2)cc1. The molecule has 1 N–H and O–H groups in total. The number of nitrogens with zero attached hydrogens (tertiary/aromatic N) is 2. The lowest BCUT2D eigenvalue weighted by atomic mass is 9.97. The Morgan fingerprint density at radius 3 is 2.23 bits per heavy atom. The van der Waals surface area contributed by atoms with Crippen LogP contribution < -0.4 is 5.32 Å². The number of hydrogen-bond donors (Lipinski definition) is 1. The minimum absolute atomic E-state index is 0.0741. The van der Waals surface area contributed by atoms with Gasteiger partial charge in [-0.15, -0.1) is 0 Å². The number of anilines is 1. The zero-order valence-electron chi connectivity index (χ0n) is 20.5. The van der Waals surface area contributed by atoms with E-state index in [0.29, 0.717) is 18.5 Å². The highest BCUT2D eigenvalue weighted by molar-refractivity contribution is 7.89. The van der Waals surface area contributed by atoms with Crippen molar-refractivity contribution in [2.45, 2.75) is 45.4 Å². The van der Waals surface area contributed by atoms with Crippen molar-refractivity contribution in [3.8, 4) is 0 Å². The first-order valence-electron chi connectivity index (χ1n) is 11.7. The van der Waals surface area contributed by atoms with Crippen molar-refractivity contribution in [2.75, 3.05) is 18.4 Å². The zero-order chi connectivity index (χ0) is 25.2. The molecule has 0 spiro atoms. The lowest BCUT2D eigenvalue weighted by Crippen LogP contribution is -2.41. The van der Waals surface area contributed by atoms with Gasteiger partial charge in [-0.05, 0) is 75.4 Å². The standard InChI is InChI=1S/C27H31N3O4S/c1-18-5-7-22(8-6-18)9-10-25-26(21(4)29-34-25)35(32,33)30-13-11-23(12-14-30)27(31)28-24-16-19(2)15-20(3)17-24/h5-10,15-17,23H,11-14H2,1-4H3,(H,28,31). The number of rotatable bonds is 6. The summed E-state index contributed by atoms with van der Waals surface area (Å²) in [5.74, 6) is -0.112. The topological polar surface area (TPSA) is 92.5 Å². The lowest BCUT2D eigenvalue weighted by Gasteiger charge is -2.30. The van der Waals surface area contributed by atoms with Crippen molar-refractivity contribution in [1.82, 2.24) is 9.46 Å². The van der Waals surface area contributed by atoms with Crippen molar-refractivity contribution < 1.29 is 17.7 Å². The van der Waals surface area contributed by atoms with E-state index in [1.165, 1.54) is 4.31 Å². The van der Waals surface area contributed by atoms with Gasteiger partial charge in [0.1, 0.15) is 5.69 Å². The van der Waals surface area contributed by atoms with Crippen LogP contribution in [0.25, 0.3) is 12.2 Å². The molecule has 1 saturated heterocycles. The summed E-state index contributed by atoms with van der Waals surface area (Å²) in [5, 5.41) is 6.90. The summed E-state index contributed by atoms with van der Waals surface area (Å²) >= 11 is 0. The molecule has 0 aliphatic carbocycles. The van der Waals surface area contributed by atoms with E-state index in [2.05, 4.69) is 16.5 Å². The van der Waals surface area contributed by atoms with Crippen molar-refractivity contribution >= 4 is 33.8 Å². The fraction of sp³-hybridized carbons (Fsp3) is 0.333. The quantitative estimate of drug-likeness (QED) is 0.515. The minimum atomic E-state index is -3.82. The highest BCUT2D eigenvalue weighted by Gasteiger charge is 2.36. The van der Waals surface area contributed by atoms with Crippen LogP contribution in [-0.4, -0.2) is 36.9 Å². The van der Waals surface area contributed by atoms with E-state index in [4.69, 9.17) is 4.52 Å². The summed E-state index contributed by atoms with van der Waals surface area (Å²) in [5.41, 5.74) is 5.33. The van der Waals surface area contributed by atoms with Crippen LogP contribution in [0.1, 0.15) is 46.5 Å². The maximum absolute atomic E-state index is 13.5. The van der Waals surface area contributed by atoms with Gasteiger partial charge in [0.05, 0.1) is 0 Å². The highest BCUT2D eigenvalue weighted by atomic mass is 32.2. The summed E-state index contributed by atoms with van der Waals surface area (Å²) < 4.78 is 33.7. The van der Waals surface area contributed by atoms with E-state index in [-0.39, 0.29) is 35.6 Å². The van der Waals surface area contributed by atoms with Crippen LogP contribution in [-0.2, 0) is 14.8 Å². The first kappa shape index (κ1) is 24.9. The van der Waals surface area contributed by atoms with Crippen molar-refractivity contribution in [2.24, 2.45) is 5.92 Å². The van der Waals surface area contributed by atoms with Crippen LogP contribution in [0, 0.1) is 33.6 Å². The molecular formula is C27H31N3O4S. The second kappa shape index (κ2) is 10.2. The third-order valence-corrected chi connectivity index (χ3v) is 8.31. The van der Waals surface area contributed by atoms with E-state index in [1.54, 1.807) is 13.0 Å². The smallest absolute Gasteiger partial charge is 0.248 e. The molecule has 1 aliphatic rings. The molecule has 1 aliphatic heterocycles. The highest BCUT2D eigenvalue weighted by Crippen LogP contribution is 2.30. The van der Waals surface area contributed by atoms with Gasteiger partial charge in [0.25, 0.3) is 0 Å². The minimum Gasteiger partial charge on any atom is -0.355 e. The molecule has 2 heterocycles. The van der Waals surface area contributed by atoms with E-state index in [1.807, 2.05) is 63.2 Å². The van der Waals surface area contributed by atoms with E-state index >= 15 is 0 Å². The van der Waals surface area contributed by atoms with Gasteiger partial charge in [0.15, 0.2) is 10.7 Å². The normalized spacial score (nSPS) is 15.5. The fourth-order valence-electron chi connectivity index (χ4n) is 4.43. The fourth-order valence-corrected chi connectivity index (χ4v) is 6.15. The average molecular weight is 494 g/mol. The Morgan fingerprint density at radius 2 is 1.60 bits per heavy atom. The number of carbonyl (C=O) groups excluding carboxylic acids is 1. The summed E-state index contributed by atoms with van der Waals surface area (Å²) in [6, 6.07) is 13.8. The van der Waals surface area contributed by atoms with Gasteiger partial charge in [0, 0.05) is 24.7 Å². The number of piperidine rings is 1. The third kappa shape index (κ3) is 5.71. The molecule has 1 fully saturated rings. The van der Waals surface area contributed by atoms with Crippen LogP contribution in [0.4, 0.5) is 5.69 Å². The number of aryl methyl sites for hydroxylation is 4. The molecule has 0 unspecified atom stereocenters. The van der Waals surface area contributed by atoms with Gasteiger partial charge < -0.3 is 9.84 Å². The Kier molecular flexibility index (Phi) is 7.23. The molecule has 0 atom stereocenters. The van der Waals surface area contributed by atoms with E-state index in [9.17, 15) is 13.2 Å². The van der Waals surface area contributed by atoms with Crippen molar-refractivity contribution in [3.63, 3.8) is 0 Å². The molecule has 4 rings (SSSR count). The molecule has 1 amide bonds. The lowest BCUT2D eigenvalue weighted by molar-refractivity contribution is -0.120. The molecule has 0 radical (unpaired) electrons. The number of benzene rings is 2. The maximum atomic E-state index is 13.5. The Bertz CT molecular complexity index is 1330. The summed E-state index contributed by atoms with van der Waals surface area (Å²) in [4.78, 5) is 12.9. The molecule has 1 aromatic heterocycles. The number of sulfonamides is 1. The van der Waals surface area contributed by atoms with Crippen LogP contribution in [0.15, 0.2) is 51.9 Å². The molecule has 8 heteroatoms. The van der Waals surface area contributed by atoms with E-state index < -0.39 is 10.0 Å². The molecule has 0 bridgehead atoms. The molecule has 7 nitrogen and oxygen atoms in total. The monoisotopic (exact) mass is 493 g/mol. The first-order valence-corrected chi connectivity index (χ1v) is 13.2.